The Labute approximate surface area is 125 Å². The average molecular weight is 330 g/mol. The molecule has 0 radical (unpaired) electrons. The lowest BCUT2D eigenvalue weighted by Gasteiger charge is -2.17. The van der Waals surface area contributed by atoms with E-state index in [9.17, 15) is 4.79 Å². The molecule has 4 nitrogen and oxygen atoms in total. The zero-order valence-electron chi connectivity index (χ0n) is 10.9. The molecule has 0 saturated carbocycles. The summed E-state index contributed by atoms with van der Waals surface area (Å²) in [6.07, 6.45) is 1.59. The lowest BCUT2D eigenvalue weighted by Crippen LogP contribution is -2.27. The molecule has 0 aliphatic rings. The topological polar surface area (TPSA) is 57.0 Å². The minimum absolute atomic E-state index is 0.167. The maximum Gasteiger partial charge on any atom is 0.273 e. The van der Waals surface area contributed by atoms with Crippen molar-refractivity contribution < 1.29 is 4.79 Å². The molecule has 0 bridgehead atoms. The lowest BCUT2D eigenvalue weighted by molar-refractivity contribution is 0.0778. The van der Waals surface area contributed by atoms with Crippen LogP contribution in [0.15, 0.2) is 47.1 Å². The highest BCUT2D eigenvalue weighted by molar-refractivity contribution is 9.10. The molecule has 1 heterocycles. The molecule has 0 fully saturated rings. The first-order chi connectivity index (χ1) is 9.61. The van der Waals surface area contributed by atoms with Crippen molar-refractivity contribution in [1.82, 2.24) is 9.88 Å². The summed E-state index contributed by atoms with van der Waals surface area (Å²) >= 11 is 3.32. The quantitative estimate of drug-likeness (QED) is 0.869. The number of pyridine rings is 1. The summed E-state index contributed by atoms with van der Waals surface area (Å²) in [5, 5.41) is 8.87. The molecular weight excluding hydrogens is 318 g/mol. The van der Waals surface area contributed by atoms with E-state index in [2.05, 4.69) is 27.0 Å². The van der Waals surface area contributed by atoms with E-state index in [1.54, 1.807) is 42.4 Å². The Morgan fingerprint density at radius 3 is 2.90 bits per heavy atom. The number of hydrogen-bond acceptors (Lipinski definition) is 3. The molecule has 20 heavy (non-hydrogen) atoms. The van der Waals surface area contributed by atoms with Crippen molar-refractivity contribution in [2.75, 3.05) is 7.05 Å². The number of aromatic nitrogens is 1. The molecule has 1 amide bonds. The lowest BCUT2D eigenvalue weighted by atomic mass is 10.1. The second kappa shape index (κ2) is 6.31. The van der Waals surface area contributed by atoms with E-state index in [4.69, 9.17) is 5.26 Å². The highest BCUT2D eigenvalue weighted by atomic mass is 79.9. The largest absolute Gasteiger partial charge is 0.336 e. The summed E-state index contributed by atoms with van der Waals surface area (Å²) in [4.78, 5) is 17.9. The number of amides is 1. The number of carbonyl (C=O) groups is 1. The average Bonchev–Trinajstić information content (AvgIpc) is 2.47. The zero-order chi connectivity index (χ0) is 14.5. The van der Waals surface area contributed by atoms with Crippen LogP contribution in [0.4, 0.5) is 0 Å². The summed E-state index contributed by atoms with van der Waals surface area (Å²) in [7, 11) is 1.71. The molecule has 0 atom stereocenters. The van der Waals surface area contributed by atoms with Crippen LogP contribution in [0.2, 0.25) is 0 Å². The standard InChI is InChI=1S/C15H12BrN3O/c1-19(10-12-5-2-4-11(8-12)9-17)15(20)14-13(16)6-3-7-18-14/h2-8H,10H2,1H3. The fourth-order valence-corrected chi connectivity index (χ4v) is 2.23. The number of rotatable bonds is 3. The monoisotopic (exact) mass is 329 g/mol. The van der Waals surface area contributed by atoms with Crippen LogP contribution in [0.3, 0.4) is 0 Å². The minimum atomic E-state index is -0.167. The van der Waals surface area contributed by atoms with Crippen LogP contribution in [0, 0.1) is 11.3 Å². The van der Waals surface area contributed by atoms with Crippen LogP contribution in [0.1, 0.15) is 21.6 Å². The Bertz CT molecular complexity index is 679. The van der Waals surface area contributed by atoms with Gasteiger partial charge >= 0.3 is 0 Å². The molecule has 0 aliphatic heterocycles. The van der Waals surface area contributed by atoms with E-state index >= 15 is 0 Å². The van der Waals surface area contributed by atoms with Gasteiger partial charge in [0.2, 0.25) is 0 Å². The van der Waals surface area contributed by atoms with Crippen molar-refractivity contribution in [3.63, 3.8) is 0 Å². The van der Waals surface area contributed by atoms with Gasteiger partial charge in [-0.15, -0.1) is 0 Å². The molecule has 1 aromatic carbocycles. The third kappa shape index (κ3) is 3.22. The third-order valence-corrected chi connectivity index (χ3v) is 3.42. The van der Waals surface area contributed by atoms with E-state index in [-0.39, 0.29) is 5.91 Å². The molecule has 5 heteroatoms. The normalized spacial score (nSPS) is 9.85. The Hall–Kier alpha value is -2.19. The van der Waals surface area contributed by atoms with E-state index in [0.717, 1.165) is 5.56 Å². The molecule has 0 saturated heterocycles. The van der Waals surface area contributed by atoms with Crippen molar-refractivity contribution in [3.05, 3.63) is 63.9 Å². The molecular formula is C15H12BrN3O. The number of benzene rings is 1. The smallest absolute Gasteiger partial charge is 0.273 e. The number of halogens is 1. The van der Waals surface area contributed by atoms with Gasteiger partial charge in [-0.1, -0.05) is 12.1 Å². The maximum absolute atomic E-state index is 12.3. The summed E-state index contributed by atoms with van der Waals surface area (Å²) in [5.41, 5.74) is 1.88. The van der Waals surface area contributed by atoms with Gasteiger partial charge in [-0.25, -0.2) is 4.98 Å². The molecule has 1 aromatic heterocycles. The summed E-state index contributed by atoms with van der Waals surface area (Å²) in [5.74, 6) is -0.167. The maximum atomic E-state index is 12.3. The molecule has 100 valence electrons. The van der Waals surface area contributed by atoms with Crippen molar-refractivity contribution in [3.8, 4) is 6.07 Å². The van der Waals surface area contributed by atoms with Gasteiger partial charge in [-0.3, -0.25) is 4.79 Å². The van der Waals surface area contributed by atoms with E-state index in [1.807, 2.05) is 12.1 Å². The first kappa shape index (κ1) is 14.2. The van der Waals surface area contributed by atoms with Gasteiger partial charge in [0.05, 0.1) is 11.6 Å². The second-order valence-electron chi connectivity index (χ2n) is 4.31. The predicted molar refractivity (Wildman–Crippen MR) is 78.9 cm³/mol. The fourth-order valence-electron chi connectivity index (χ4n) is 1.81. The van der Waals surface area contributed by atoms with Crippen LogP contribution < -0.4 is 0 Å². The van der Waals surface area contributed by atoms with E-state index in [0.29, 0.717) is 22.3 Å². The molecule has 0 unspecified atom stereocenters. The molecule has 0 N–H and O–H groups in total. The molecule has 0 spiro atoms. The highest BCUT2D eigenvalue weighted by Gasteiger charge is 2.16. The van der Waals surface area contributed by atoms with Gasteiger partial charge in [0, 0.05) is 24.3 Å². The third-order valence-electron chi connectivity index (χ3n) is 2.78. The van der Waals surface area contributed by atoms with Gasteiger partial charge in [-0.2, -0.15) is 5.26 Å². The van der Waals surface area contributed by atoms with Gasteiger partial charge in [0.25, 0.3) is 5.91 Å². The van der Waals surface area contributed by atoms with Gasteiger partial charge in [0.15, 0.2) is 0 Å². The minimum Gasteiger partial charge on any atom is -0.336 e. The number of nitrogens with zero attached hydrogens (tertiary/aromatic N) is 3. The molecule has 2 aromatic rings. The van der Waals surface area contributed by atoms with E-state index in [1.165, 1.54) is 0 Å². The Balaban J connectivity index is 2.16. The predicted octanol–water partition coefficient (Wildman–Crippen LogP) is 2.99. The first-order valence-electron chi connectivity index (χ1n) is 5.97. The van der Waals surface area contributed by atoms with Crippen molar-refractivity contribution in [1.29, 1.82) is 5.26 Å². The van der Waals surface area contributed by atoms with Crippen molar-refractivity contribution in [2.24, 2.45) is 0 Å². The zero-order valence-corrected chi connectivity index (χ0v) is 12.5. The van der Waals surface area contributed by atoms with Crippen LogP contribution >= 0.6 is 15.9 Å². The van der Waals surface area contributed by atoms with Crippen LogP contribution in [-0.2, 0) is 6.54 Å². The van der Waals surface area contributed by atoms with Crippen molar-refractivity contribution >= 4 is 21.8 Å². The van der Waals surface area contributed by atoms with Crippen LogP contribution in [0.5, 0.6) is 0 Å². The molecule has 2 rings (SSSR count). The van der Waals surface area contributed by atoms with Gasteiger partial charge in [-0.05, 0) is 45.8 Å². The number of carbonyl (C=O) groups excluding carboxylic acids is 1. The molecule has 0 aliphatic carbocycles. The first-order valence-corrected chi connectivity index (χ1v) is 6.76. The van der Waals surface area contributed by atoms with Gasteiger partial charge in [0.1, 0.15) is 5.69 Å². The van der Waals surface area contributed by atoms with Crippen LogP contribution in [-0.4, -0.2) is 22.8 Å². The fraction of sp³-hybridized carbons (Fsp3) is 0.133. The Morgan fingerprint density at radius 2 is 2.20 bits per heavy atom. The summed E-state index contributed by atoms with van der Waals surface area (Å²) < 4.78 is 0.669. The highest BCUT2D eigenvalue weighted by Crippen LogP contribution is 2.16. The second-order valence-corrected chi connectivity index (χ2v) is 5.16. The summed E-state index contributed by atoms with van der Waals surface area (Å²) in [6.45, 7) is 0.428. The number of nitriles is 1. The Kier molecular flexibility index (Phi) is 4.49. The number of hydrogen-bond donors (Lipinski definition) is 0. The van der Waals surface area contributed by atoms with Gasteiger partial charge < -0.3 is 4.90 Å². The SMILES string of the molecule is CN(Cc1cccc(C#N)c1)C(=O)c1ncccc1Br. The summed E-state index contributed by atoms with van der Waals surface area (Å²) in [6, 6.07) is 12.8. The van der Waals surface area contributed by atoms with Crippen molar-refractivity contribution in [2.45, 2.75) is 6.54 Å². The Morgan fingerprint density at radius 1 is 1.40 bits per heavy atom. The van der Waals surface area contributed by atoms with Crippen LogP contribution in [0.25, 0.3) is 0 Å². The van der Waals surface area contributed by atoms with E-state index < -0.39 is 0 Å².